The number of nitrogens with one attached hydrogen (secondary N) is 1. The topological polar surface area (TPSA) is 12.0 Å². The van der Waals surface area contributed by atoms with Gasteiger partial charge in [-0.1, -0.05) is 20.8 Å². The second-order valence-corrected chi connectivity index (χ2v) is 6.60. The largest absolute Gasteiger partial charge is 0.311 e. The molecule has 1 N–H and O–H groups in total. The molecule has 3 aliphatic rings. The van der Waals surface area contributed by atoms with Gasteiger partial charge in [0.15, 0.2) is 0 Å². The lowest BCUT2D eigenvalue weighted by atomic mass is 9.69. The molecule has 3 saturated carbocycles. The molecule has 0 unspecified atom stereocenters. The number of fused-ring (bicyclic) bond motifs is 2. The van der Waals surface area contributed by atoms with Gasteiger partial charge in [-0.05, 0) is 48.9 Å². The first-order valence-electron chi connectivity index (χ1n) is 6.30. The first kappa shape index (κ1) is 9.21. The fourth-order valence-electron chi connectivity index (χ4n) is 3.99. The first-order chi connectivity index (χ1) is 6.54. The van der Waals surface area contributed by atoms with Crippen molar-refractivity contribution >= 4 is 0 Å². The Balaban J connectivity index is 1.83. The Morgan fingerprint density at radius 3 is 2.21 bits per heavy atom. The molecule has 80 valence electrons. The van der Waals surface area contributed by atoms with E-state index in [0.717, 1.165) is 18.0 Å². The Morgan fingerprint density at radius 1 is 1.07 bits per heavy atom. The van der Waals surface area contributed by atoms with E-state index in [4.69, 9.17) is 0 Å². The minimum atomic E-state index is 0.583. The van der Waals surface area contributed by atoms with Gasteiger partial charge < -0.3 is 5.32 Å². The molecule has 0 radical (unpaired) electrons. The highest BCUT2D eigenvalue weighted by atomic mass is 15.0. The Labute approximate surface area is 87.7 Å². The molecule has 1 heteroatoms. The lowest BCUT2D eigenvalue weighted by Crippen LogP contribution is -2.45. The molecule has 3 rings (SSSR count). The van der Waals surface area contributed by atoms with E-state index < -0.39 is 0 Å². The maximum atomic E-state index is 3.88. The van der Waals surface area contributed by atoms with Gasteiger partial charge in [-0.2, -0.15) is 0 Å². The number of hydrogen-bond acceptors (Lipinski definition) is 1. The zero-order chi connectivity index (χ0) is 9.97. The van der Waals surface area contributed by atoms with Crippen molar-refractivity contribution in [1.82, 2.24) is 5.32 Å². The van der Waals surface area contributed by atoms with Crippen molar-refractivity contribution in [3.05, 3.63) is 0 Å². The third-order valence-electron chi connectivity index (χ3n) is 5.81. The summed E-state index contributed by atoms with van der Waals surface area (Å²) in [5.41, 5.74) is 1.17. The van der Waals surface area contributed by atoms with E-state index in [1.807, 2.05) is 0 Å². The molecule has 0 aromatic rings. The van der Waals surface area contributed by atoms with Crippen LogP contribution in [0.5, 0.6) is 0 Å². The van der Waals surface area contributed by atoms with E-state index in [9.17, 15) is 0 Å². The van der Waals surface area contributed by atoms with Crippen molar-refractivity contribution in [3.63, 3.8) is 0 Å². The fourth-order valence-corrected chi connectivity index (χ4v) is 3.99. The Hall–Kier alpha value is -0.0400. The Bertz CT molecular complexity index is 254. The number of hydrogen-bond donors (Lipinski definition) is 1. The van der Waals surface area contributed by atoms with Gasteiger partial charge >= 0.3 is 0 Å². The smallest absolute Gasteiger partial charge is 0.0131 e. The average molecular weight is 193 g/mol. The molecule has 1 nitrogen and oxygen atoms in total. The van der Waals surface area contributed by atoms with Gasteiger partial charge in [-0.3, -0.25) is 0 Å². The molecule has 3 aliphatic carbocycles. The minimum Gasteiger partial charge on any atom is -0.311 e. The van der Waals surface area contributed by atoms with Gasteiger partial charge in [0.25, 0.3) is 0 Å². The molecule has 0 spiro atoms. The minimum absolute atomic E-state index is 0.583. The van der Waals surface area contributed by atoms with Crippen molar-refractivity contribution in [2.75, 3.05) is 0 Å². The normalized spacial score (nSPS) is 49.9. The van der Waals surface area contributed by atoms with Gasteiger partial charge in [0.2, 0.25) is 0 Å². The van der Waals surface area contributed by atoms with Gasteiger partial charge in [0.1, 0.15) is 0 Å². The van der Waals surface area contributed by atoms with Gasteiger partial charge in [0.05, 0.1) is 0 Å². The van der Waals surface area contributed by atoms with E-state index in [0.29, 0.717) is 10.8 Å². The Morgan fingerprint density at radius 2 is 1.79 bits per heavy atom. The quantitative estimate of drug-likeness (QED) is 0.711. The van der Waals surface area contributed by atoms with Crippen LogP contribution >= 0.6 is 0 Å². The molecule has 3 fully saturated rings. The molecule has 0 aromatic heterocycles. The van der Waals surface area contributed by atoms with Gasteiger partial charge in [-0.15, -0.1) is 0 Å². The average Bonchev–Trinajstić information content (AvgIpc) is 2.85. The maximum absolute atomic E-state index is 3.88. The van der Waals surface area contributed by atoms with E-state index >= 15 is 0 Å². The standard InChI is InChI=1S/C13H23N/c1-12(2)9-6-7-13(12,3)11(8-9)14-10-4-5-10/h9-11,14H,4-8H2,1-3H3/t9-,11-,13-/m0/s1. The summed E-state index contributed by atoms with van der Waals surface area (Å²) in [5, 5.41) is 3.88. The van der Waals surface area contributed by atoms with E-state index in [-0.39, 0.29) is 0 Å². The highest BCUT2D eigenvalue weighted by molar-refractivity contribution is 5.13. The van der Waals surface area contributed by atoms with Crippen LogP contribution in [0.4, 0.5) is 0 Å². The van der Waals surface area contributed by atoms with Crippen LogP contribution in [0.15, 0.2) is 0 Å². The maximum Gasteiger partial charge on any atom is 0.0131 e. The molecule has 0 aromatic carbocycles. The molecule has 0 heterocycles. The van der Waals surface area contributed by atoms with Gasteiger partial charge in [0, 0.05) is 12.1 Å². The van der Waals surface area contributed by atoms with Crippen molar-refractivity contribution in [1.29, 1.82) is 0 Å². The van der Waals surface area contributed by atoms with Crippen LogP contribution in [0.25, 0.3) is 0 Å². The van der Waals surface area contributed by atoms with Crippen molar-refractivity contribution in [3.8, 4) is 0 Å². The zero-order valence-electron chi connectivity index (χ0n) is 9.77. The molecule has 0 amide bonds. The molecule has 0 aliphatic heterocycles. The second-order valence-electron chi connectivity index (χ2n) is 6.60. The lowest BCUT2D eigenvalue weighted by molar-refractivity contribution is 0.120. The van der Waals surface area contributed by atoms with Crippen molar-refractivity contribution in [2.24, 2.45) is 16.7 Å². The summed E-state index contributed by atoms with van der Waals surface area (Å²) in [7, 11) is 0. The predicted octanol–water partition coefficient (Wildman–Crippen LogP) is 2.95. The summed E-state index contributed by atoms with van der Waals surface area (Å²) >= 11 is 0. The zero-order valence-corrected chi connectivity index (χ0v) is 9.77. The van der Waals surface area contributed by atoms with Crippen LogP contribution in [0.1, 0.15) is 52.9 Å². The second kappa shape index (κ2) is 2.55. The third-order valence-corrected chi connectivity index (χ3v) is 5.81. The Kier molecular flexibility index (Phi) is 1.68. The van der Waals surface area contributed by atoms with E-state index in [1.165, 1.54) is 32.1 Å². The van der Waals surface area contributed by atoms with Crippen molar-refractivity contribution < 1.29 is 0 Å². The summed E-state index contributed by atoms with van der Waals surface area (Å²) in [5.74, 6) is 0.990. The van der Waals surface area contributed by atoms with Crippen molar-refractivity contribution in [2.45, 2.75) is 65.0 Å². The summed E-state index contributed by atoms with van der Waals surface area (Å²) in [6.45, 7) is 7.53. The van der Waals surface area contributed by atoms with Gasteiger partial charge in [-0.25, -0.2) is 0 Å². The molecule has 2 bridgehead atoms. The van der Waals surface area contributed by atoms with Crippen LogP contribution < -0.4 is 5.32 Å². The monoisotopic (exact) mass is 193 g/mol. The molecular weight excluding hydrogens is 170 g/mol. The molecule has 3 atom stereocenters. The predicted molar refractivity (Wildman–Crippen MR) is 59.2 cm³/mol. The van der Waals surface area contributed by atoms with E-state index in [1.54, 1.807) is 0 Å². The summed E-state index contributed by atoms with van der Waals surface area (Å²) < 4.78 is 0. The lowest BCUT2D eigenvalue weighted by Gasteiger charge is -2.39. The van der Waals surface area contributed by atoms with Crippen LogP contribution in [0.2, 0.25) is 0 Å². The van der Waals surface area contributed by atoms with Crippen LogP contribution in [-0.4, -0.2) is 12.1 Å². The molecule has 0 saturated heterocycles. The highest BCUT2D eigenvalue weighted by Gasteiger charge is 2.61. The molecule has 14 heavy (non-hydrogen) atoms. The number of rotatable bonds is 2. The van der Waals surface area contributed by atoms with Crippen LogP contribution in [-0.2, 0) is 0 Å². The summed E-state index contributed by atoms with van der Waals surface area (Å²) in [6.07, 6.45) is 7.23. The SMILES string of the molecule is CC1(C)[C@H]2CC[C@@]1(C)[C@@H](NC1CC1)C2. The summed E-state index contributed by atoms with van der Waals surface area (Å²) in [4.78, 5) is 0. The van der Waals surface area contributed by atoms with Crippen LogP contribution in [0.3, 0.4) is 0 Å². The van der Waals surface area contributed by atoms with E-state index in [2.05, 4.69) is 26.1 Å². The fraction of sp³-hybridized carbons (Fsp3) is 1.00. The molecular formula is C13H23N. The summed E-state index contributed by atoms with van der Waals surface area (Å²) in [6, 6.07) is 1.70. The first-order valence-corrected chi connectivity index (χ1v) is 6.30. The third kappa shape index (κ3) is 0.997. The van der Waals surface area contributed by atoms with Crippen LogP contribution in [0, 0.1) is 16.7 Å². The highest BCUT2D eigenvalue weighted by Crippen LogP contribution is 2.65.